The zero-order valence-corrected chi connectivity index (χ0v) is 25.6. The topological polar surface area (TPSA) is 148 Å². The van der Waals surface area contributed by atoms with Gasteiger partial charge in [0, 0.05) is 24.9 Å². The van der Waals surface area contributed by atoms with Crippen molar-refractivity contribution >= 4 is 51.3 Å². The van der Waals surface area contributed by atoms with Crippen molar-refractivity contribution in [3.8, 4) is 17.1 Å². The van der Waals surface area contributed by atoms with E-state index in [1.165, 1.54) is 6.20 Å². The van der Waals surface area contributed by atoms with Crippen LogP contribution in [0.5, 0.6) is 5.75 Å². The molecular formula is C28H33BrN6O6. The van der Waals surface area contributed by atoms with E-state index < -0.39 is 23.4 Å². The molecule has 1 aromatic carbocycles. The van der Waals surface area contributed by atoms with Gasteiger partial charge in [0.2, 0.25) is 5.95 Å². The van der Waals surface area contributed by atoms with Crippen molar-refractivity contribution in [3.63, 3.8) is 0 Å². The number of para-hydroxylation sites is 1. The van der Waals surface area contributed by atoms with Crippen LogP contribution < -0.4 is 20.3 Å². The highest BCUT2D eigenvalue weighted by Gasteiger charge is 2.35. The van der Waals surface area contributed by atoms with Gasteiger partial charge in [0.25, 0.3) is 5.91 Å². The highest BCUT2D eigenvalue weighted by atomic mass is 79.9. The zero-order valence-electron chi connectivity index (χ0n) is 24.0. The van der Waals surface area contributed by atoms with E-state index in [1.54, 1.807) is 54.7 Å². The lowest BCUT2D eigenvalue weighted by molar-refractivity contribution is 0.0427. The molecule has 3 N–H and O–H groups in total. The molecule has 218 valence electrons. The first-order chi connectivity index (χ1) is 19.2. The van der Waals surface area contributed by atoms with E-state index in [-0.39, 0.29) is 11.9 Å². The summed E-state index contributed by atoms with van der Waals surface area (Å²) < 4.78 is 17.2. The minimum Gasteiger partial charge on any atom is -0.493 e. The van der Waals surface area contributed by atoms with Crippen LogP contribution in [0, 0.1) is 0 Å². The van der Waals surface area contributed by atoms with Crippen LogP contribution >= 0.6 is 15.9 Å². The number of fused-ring (bicyclic) bond motifs is 1. The van der Waals surface area contributed by atoms with Crippen LogP contribution in [0.2, 0.25) is 0 Å². The fourth-order valence-corrected chi connectivity index (χ4v) is 4.62. The number of carbonyl (C=O) groups is 3. The lowest BCUT2D eigenvalue weighted by atomic mass is 10.1. The summed E-state index contributed by atoms with van der Waals surface area (Å²) >= 11 is 3.49. The zero-order chi connectivity index (χ0) is 30.1. The smallest absolute Gasteiger partial charge is 0.427 e. The Labute approximate surface area is 246 Å². The molecule has 0 atom stereocenters. The summed E-state index contributed by atoms with van der Waals surface area (Å²) in [6, 6.07) is 7.08. The van der Waals surface area contributed by atoms with E-state index in [2.05, 4.69) is 41.5 Å². The number of amides is 3. The molecule has 0 aliphatic carbocycles. The van der Waals surface area contributed by atoms with Gasteiger partial charge in [-0.05, 0) is 75.7 Å². The van der Waals surface area contributed by atoms with Crippen molar-refractivity contribution in [2.45, 2.75) is 59.2 Å². The maximum atomic E-state index is 13.2. The number of aromatic amines is 1. The third-order valence-corrected chi connectivity index (χ3v) is 6.27. The van der Waals surface area contributed by atoms with Crippen molar-refractivity contribution in [1.29, 1.82) is 0 Å². The maximum absolute atomic E-state index is 13.2. The molecule has 3 heterocycles. The molecule has 2 aromatic heterocycles. The van der Waals surface area contributed by atoms with Gasteiger partial charge < -0.3 is 29.8 Å². The van der Waals surface area contributed by atoms with Crippen LogP contribution in [0.3, 0.4) is 0 Å². The highest BCUT2D eigenvalue weighted by Crippen LogP contribution is 2.40. The van der Waals surface area contributed by atoms with Crippen LogP contribution in [0.15, 0.2) is 34.9 Å². The number of nitrogens with one attached hydrogen (secondary N) is 3. The molecule has 12 nitrogen and oxygen atoms in total. The molecular weight excluding hydrogens is 596 g/mol. The van der Waals surface area contributed by atoms with Gasteiger partial charge in [0.05, 0.1) is 39.9 Å². The molecule has 41 heavy (non-hydrogen) atoms. The first-order valence-corrected chi connectivity index (χ1v) is 13.7. The first-order valence-electron chi connectivity index (χ1n) is 12.9. The van der Waals surface area contributed by atoms with Crippen LogP contribution in [0.1, 0.15) is 57.6 Å². The minimum atomic E-state index is -0.994. The van der Waals surface area contributed by atoms with Crippen LogP contribution in [-0.2, 0) is 15.9 Å². The Kier molecular flexibility index (Phi) is 8.29. The monoisotopic (exact) mass is 628 g/mol. The Bertz CT molecular complexity index is 1460. The second-order valence-corrected chi connectivity index (χ2v) is 12.1. The molecule has 0 bridgehead atoms. The molecule has 1 aliphatic heterocycles. The Morgan fingerprint density at radius 1 is 1.05 bits per heavy atom. The number of halogens is 1. The summed E-state index contributed by atoms with van der Waals surface area (Å²) in [5.74, 6) is 0.0201. The SMILES string of the molecule is COc1c(Br)cccc1Nc1c(-c2ccnc(N(C(=O)OC(C)(C)C)C(=O)OC(C)(C)C)n2)[nH]c2c1C(=O)NCC2. The van der Waals surface area contributed by atoms with E-state index in [9.17, 15) is 14.4 Å². The number of rotatable bonds is 5. The number of nitrogens with zero attached hydrogens (tertiary/aromatic N) is 3. The number of benzene rings is 1. The molecule has 3 amide bonds. The largest absolute Gasteiger partial charge is 0.493 e. The third kappa shape index (κ3) is 6.79. The molecule has 0 fully saturated rings. The number of H-pyrrole nitrogens is 1. The standard InChI is InChI=1S/C28H33BrN6O6/c1-27(2,3)40-25(37)35(26(38)41-28(4,5)6)24-31-14-12-17(34-24)20-21(19-16(32-20)11-13-30-23(19)36)33-18-10-8-9-15(29)22(18)39-7/h8-10,12,14,32-33H,11,13H2,1-7H3,(H,30,36). The fourth-order valence-electron chi connectivity index (χ4n) is 4.09. The van der Waals surface area contributed by atoms with Gasteiger partial charge in [0.15, 0.2) is 5.75 Å². The molecule has 3 aromatic rings. The van der Waals surface area contributed by atoms with Gasteiger partial charge in [-0.15, -0.1) is 4.90 Å². The number of imide groups is 1. The lowest BCUT2D eigenvalue weighted by Gasteiger charge is -2.27. The van der Waals surface area contributed by atoms with Crippen molar-refractivity contribution in [1.82, 2.24) is 20.3 Å². The van der Waals surface area contributed by atoms with Gasteiger partial charge in [-0.3, -0.25) is 4.79 Å². The fraction of sp³-hybridized carbons (Fsp3) is 0.393. The van der Waals surface area contributed by atoms with Crippen LogP contribution in [-0.4, -0.2) is 57.9 Å². The Morgan fingerprint density at radius 2 is 1.71 bits per heavy atom. The molecule has 0 radical (unpaired) electrons. The van der Waals surface area contributed by atoms with E-state index in [0.29, 0.717) is 57.6 Å². The summed E-state index contributed by atoms with van der Waals surface area (Å²) in [5, 5.41) is 6.19. The van der Waals surface area contributed by atoms with Gasteiger partial charge in [0.1, 0.15) is 11.2 Å². The van der Waals surface area contributed by atoms with Crippen LogP contribution in [0.25, 0.3) is 11.4 Å². The Balaban J connectivity index is 1.84. The number of anilines is 3. The molecule has 0 saturated carbocycles. The van der Waals surface area contributed by atoms with Gasteiger partial charge in [-0.1, -0.05) is 6.07 Å². The summed E-state index contributed by atoms with van der Waals surface area (Å²) in [4.78, 5) is 52.1. The van der Waals surface area contributed by atoms with Crippen LogP contribution in [0.4, 0.5) is 26.9 Å². The molecule has 4 rings (SSSR count). The van der Waals surface area contributed by atoms with E-state index in [0.717, 1.165) is 4.47 Å². The third-order valence-electron chi connectivity index (χ3n) is 5.65. The highest BCUT2D eigenvalue weighted by molar-refractivity contribution is 9.10. The summed E-state index contributed by atoms with van der Waals surface area (Å²) in [6.45, 7) is 10.5. The Hall–Kier alpha value is -4.13. The number of methoxy groups -OCH3 is 1. The van der Waals surface area contributed by atoms with Crippen molar-refractivity contribution in [3.05, 3.63) is 46.2 Å². The Morgan fingerprint density at radius 3 is 2.32 bits per heavy atom. The normalized spacial score (nSPS) is 13.1. The molecule has 0 unspecified atom stereocenters. The van der Waals surface area contributed by atoms with E-state index >= 15 is 0 Å². The number of hydrogen-bond acceptors (Lipinski definition) is 9. The van der Waals surface area contributed by atoms with E-state index in [4.69, 9.17) is 14.2 Å². The molecule has 1 aliphatic rings. The number of carbonyl (C=O) groups excluding carboxylic acids is 3. The molecule has 0 spiro atoms. The number of aromatic nitrogens is 3. The van der Waals surface area contributed by atoms with Gasteiger partial charge in [-0.25, -0.2) is 19.6 Å². The second-order valence-electron chi connectivity index (χ2n) is 11.2. The van der Waals surface area contributed by atoms with Crippen molar-refractivity contribution in [2.24, 2.45) is 0 Å². The summed E-state index contributed by atoms with van der Waals surface area (Å²) in [5.41, 5.74) is 1.13. The average molecular weight is 630 g/mol. The second kappa shape index (κ2) is 11.4. The minimum absolute atomic E-state index is 0.256. The molecule has 0 saturated heterocycles. The molecule has 13 heteroatoms. The van der Waals surface area contributed by atoms with Gasteiger partial charge >= 0.3 is 12.2 Å². The lowest BCUT2D eigenvalue weighted by Crippen LogP contribution is -2.44. The first kappa shape index (κ1) is 29.8. The predicted octanol–water partition coefficient (Wildman–Crippen LogP) is 5.95. The van der Waals surface area contributed by atoms with E-state index in [1.807, 2.05) is 18.2 Å². The summed E-state index contributed by atoms with van der Waals surface area (Å²) in [7, 11) is 1.55. The summed E-state index contributed by atoms with van der Waals surface area (Å²) in [6.07, 6.45) is -0.0221. The quantitative estimate of drug-likeness (QED) is 0.312. The average Bonchev–Trinajstić information content (AvgIpc) is 3.22. The van der Waals surface area contributed by atoms with Crippen molar-refractivity contribution in [2.75, 3.05) is 23.9 Å². The maximum Gasteiger partial charge on any atom is 0.427 e. The van der Waals surface area contributed by atoms with Crippen molar-refractivity contribution < 1.29 is 28.6 Å². The van der Waals surface area contributed by atoms with Gasteiger partial charge in [-0.2, -0.15) is 0 Å². The predicted molar refractivity (Wildman–Crippen MR) is 157 cm³/mol. The number of hydrogen-bond donors (Lipinski definition) is 3. The number of ether oxygens (including phenoxy) is 3.